The Hall–Kier alpha value is -1.18. The maximum atomic E-state index is 12.8. The van der Waals surface area contributed by atoms with Gasteiger partial charge in [0.05, 0.1) is 21.6 Å². The van der Waals surface area contributed by atoms with E-state index >= 15 is 0 Å². The van der Waals surface area contributed by atoms with Gasteiger partial charge < -0.3 is 0 Å². The number of benzene rings is 1. The van der Waals surface area contributed by atoms with Crippen molar-refractivity contribution in [2.75, 3.05) is 7.05 Å². The molecule has 2 aromatic rings. The van der Waals surface area contributed by atoms with E-state index in [9.17, 15) is 8.42 Å². The molecule has 0 amide bonds. The monoisotopic (exact) mass is 413 g/mol. The van der Waals surface area contributed by atoms with Crippen molar-refractivity contribution in [1.82, 2.24) is 14.1 Å². The molecule has 0 aliphatic rings. The lowest BCUT2D eigenvalue weighted by molar-refractivity contribution is 0.458. The first-order chi connectivity index (χ1) is 11.3. The van der Waals surface area contributed by atoms with Crippen molar-refractivity contribution in [2.45, 2.75) is 51.1 Å². The molecule has 0 spiro atoms. The van der Waals surface area contributed by atoms with Crippen molar-refractivity contribution in [1.29, 1.82) is 0 Å². The van der Waals surface area contributed by atoms with Gasteiger partial charge in [-0.3, -0.25) is 4.68 Å². The lowest BCUT2D eigenvalue weighted by Crippen LogP contribution is -2.27. The van der Waals surface area contributed by atoms with Gasteiger partial charge in [-0.15, -0.1) is 0 Å². The Morgan fingerprint density at radius 1 is 1.25 bits per heavy atom. The Balaban J connectivity index is 2.20. The van der Waals surface area contributed by atoms with Crippen LogP contribution in [0.4, 0.5) is 0 Å². The molecule has 1 unspecified atom stereocenters. The standard InChI is InChI=1S/C17H24BrN3O2S/c1-5-13(3)14-7-9-15(10-8-14)24(22,23)20(4)12-17-16(18)11-21(6-2)19-17/h7-11,13H,5-6,12H2,1-4H3. The molecule has 1 atom stereocenters. The average Bonchev–Trinajstić information content (AvgIpc) is 2.94. The summed E-state index contributed by atoms with van der Waals surface area (Å²) in [5.74, 6) is 0.424. The molecular weight excluding hydrogens is 390 g/mol. The summed E-state index contributed by atoms with van der Waals surface area (Å²) in [6.07, 6.45) is 2.89. The summed E-state index contributed by atoms with van der Waals surface area (Å²) < 4.78 is 29.4. The zero-order valence-corrected chi connectivity index (χ0v) is 16.9. The smallest absolute Gasteiger partial charge is 0.243 e. The van der Waals surface area contributed by atoms with Crippen molar-refractivity contribution in [3.05, 3.63) is 46.2 Å². The van der Waals surface area contributed by atoms with Gasteiger partial charge in [0.2, 0.25) is 10.0 Å². The van der Waals surface area contributed by atoms with E-state index in [1.807, 2.05) is 25.3 Å². The molecule has 0 bridgehead atoms. The van der Waals surface area contributed by atoms with E-state index in [4.69, 9.17) is 0 Å². The SMILES string of the molecule is CCC(C)c1ccc(S(=O)(=O)N(C)Cc2nn(CC)cc2Br)cc1. The first kappa shape index (κ1) is 19.1. The van der Waals surface area contributed by atoms with Crippen LogP contribution in [0.15, 0.2) is 39.8 Å². The largest absolute Gasteiger partial charge is 0.272 e. The average molecular weight is 414 g/mol. The summed E-state index contributed by atoms with van der Waals surface area (Å²) in [6.45, 7) is 7.21. The highest BCUT2D eigenvalue weighted by atomic mass is 79.9. The number of halogens is 1. The number of sulfonamides is 1. The molecule has 0 aliphatic heterocycles. The van der Waals surface area contributed by atoms with E-state index in [0.29, 0.717) is 16.5 Å². The number of aromatic nitrogens is 2. The van der Waals surface area contributed by atoms with Crippen molar-refractivity contribution < 1.29 is 8.42 Å². The van der Waals surface area contributed by atoms with Crippen molar-refractivity contribution in [2.24, 2.45) is 0 Å². The molecule has 0 fully saturated rings. The fourth-order valence-corrected chi connectivity index (χ4v) is 3.96. The maximum Gasteiger partial charge on any atom is 0.243 e. The van der Waals surface area contributed by atoms with Crippen LogP contribution in [0.5, 0.6) is 0 Å². The minimum atomic E-state index is -3.54. The molecule has 132 valence electrons. The molecule has 0 aliphatic carbocycles. The number of nitrogens with zero attached hydrogens (tertiary/aromatic N) is 3. The first-order valence-electron chi connectivity index (χ1n) is 8.07. The zero-order valence-electron chi connectivity index (χ0n) is 14.5. The summed E-state index contributed by atoms with van der Waals surface area (Å²) in [5, 5.41) is 4.39. The van der Waals surface area contributed by atoms with Gasteiger partial charge in [-0.2, -0.15) is 9.40 Å². The van der Waals surface area contributed by atoms with E-state index in [1.54, 1.807) is 23.9 Å². The second-order valence-electron chi connectivity index (χ2n) is 5.92. The number of aryl methyl sites for hydroxylation is 1. The predicted molar refractivity (Wildman–Crippen MR) is 99.4 cm³/mol. The molecule has 0 N–H and O–H groups in total. The van der Waals surface area contributed by atoms with Crippen LogP contribution in [0.25, 0.3) is 0 Å². The van der Waals surface area contributed by atoms with Crippen molar-refractivity contribution in [3.8, 4) is 0 Å². The molecule has 0 saturated carbocycles. The van der Waals surface area contributed by atoms with E-state index < -0.39 is 10.0 Å². The van der Waals surface area contributed by atoms with Gasteiger partial charge in [0.1, 0.15) is 0 Å². The Morgan fingerprint density at radius 2 is 1.88 bits per heavy atom. The summed E-state index contributed by atoms with van der Waals surface area (Å²) >= 11 is 3.44. The number of hydrogen-bond donors (Lipinski definition) is 0. The molecule has 1 aromatic carbocycles. The zero-order chi connectivity index (χ0) is 17.9. The Labute approximate surface area is 152 Å². The molecule has 2 rings (SSSR count). The third kappa shape index (κ3) is 4.07. The summed E-state index contributed by atoms with van der Waals surface area (Å²) in [4.78, 5) is 0.308. The molecule has 5 nitrogen and oxygen atoms in total. The van der Waals surface area contributed by atoms with Gasteiger partial charge in [0.25, 0.3) is 0 Å². The fourth-order valence-electron chi connectivity index (χ4n) is 2.39. The molecule has 0 radical (unpaired) electrons. The first-order valence-corrected chi connectivity index (χ1v) is 10.3. The fraction of sp³-hybridized carbons (Fsp3) is 0.471. The van der Waals surface area contributed by atoms with Gasteiger partial charge in [-0.25, -0.2) is 8.42 Å². The van der Waals surface area contributed by atoms with Crippen LogP contribution < -0.4 is 0 Å². The second-order valence-corrected chi connectivity index (χ2v) is 8.82. The van der Waals surface area contributed by atoms with Gasteiger partial charge in [0, 0.05) is 19.8 Å². The van der Waals surface area contributed by atoms with E-state index in [-0.39, 0.29) is 6.54 Å². The van der Waals surface area contributed by atoms with Gasteiger partial charge >= 0.3 is 0 Å². The van der Waals surface area contributed by atoms with Gasteiger partial charge in [-0.05, 0) is 52.9 Å². The van der Waals surface area contributed by atoms with Crippen LogP contribution in [0.2, 0.25) is 0 Å². The van der Waals surface area contributed by atoms with Crippen LogP contribution in [-0.2, 0) is 23.1 Å². The normalized spacial score (nSPS) is 13.4. The maximum absolute atomic E-state index is 12.8. The number of rotatable bonds is 7. The summed E-state index contributed by atoms with van der Waals surface area (Å²) in [5.41, 5.74) is 1.86. The van der Waals surface area contributed by atoms with Crippen LogP contribution >= 0.6 is 15.9 Å². The van der Waals surface area contributed by atoms with Crippen LogP contribution in [0, 0.1) is 0 Å². The molecular formula is C17H24BrN3O2S. The number of hydrogen-bond acceptors (Lipinski definition) is 3. The summed E-state index contributed by atoms with van der Waals surface area (Å²) in [7, 11) is -1.96. The molecule has 24 heavy (non-hydrogen) atoms. The molecule has 1 heterocycles. The van der Waals surface area contributed by atoms with E-state index in [0.717, 1.165) is 23.0 Å². The van der Waals surface area contributed by atoms with Gasteiger partial charge in [-0.1, -0.05) is 26.0 Å². The highest BCUT2D eigenvalue weighted by molar-refractivity contribution is 9.10. The van der Waals surface area contributed by atoms with E-state index in [2.05, 4.69) is 34.9 Å². The van der Waals surface area contributed by atoms with Crippen LogP contribution in [0.1, 0.15) is 44.4 Å². The quantitative estimate of drug-likeness (QED) is 0.688. The Morgan fingerprint density at radius 3 is 2.38 bits per heavy atom. The minimum absolute atomic E-state index is 0.225. The van der Waals surface area contributed by atoms with Crippen molar-refractivity contribution in [3.63, 3.8) is 0 Å². The van der Waals surface area contributed by atoms with Crippen LogP contribution in [0.3, 0.4) is 0 Å². The van der Waals surface area contributed by atoms with E-state index in [1.165, 1.54) is 4.31 Å². The predicted octanol–water partition coefficient (Wildman–Crippen LogP) is 4.00. The van der Waals surface area contributed by atoms with Crippen molar-refractivity contribution >= 4 is 26.0 Å². The highest BCUT2D eigenvalue weighted by Gasteiger charge is 2.23. The summed E-state index contributed by atoms with van der Waals surface area (Å²) in [6, 6.07) is 7.17. The molecule has 7 heteroatoms. The topological polar surface area (TPSA) is 55.2 Å². The third-order valence-corrected chi connectivity index (χ3v) is 6.73. The lowest BCUT2D eigenvalue weighted by atomic mass is 9.99. The van der Waals surface area contributed by atoms with Gasteiger partial charge in [0.15, 0.2) is 0 Å². The van der Waals surface area contributed by atoms with Crippen LogP contribution in [-0.4, -0.2) is 29.6 Å². The third-order valence-electron chi connectivity index (χ3n) is 4.25. The second kappa shape index (κ2) is 7.80. The molecule has 1 aromatic heterocycles. The Bertz CT molecular complexity index is 785. The molecule has 0 saturated heterocycles. The Kier molecular flexibility index (Phi) is 6.22. The minimum Gasteiger partial charge on any atom is -0.272 e. The lowest BCUT2D eigenvalue weighted by Gasteiger charge is -2.17. The highest BCUT2D eigenvalue weighted by Crippen LogP contribution is 2.24.